The van der Waals surface area contributed by atoms with Crippen LogP contribution in [0.4, 0.5) is 0 Å². The smallest absolute Gasteiger partial charge is 0.242 e. The highest BCUT2D eigenvalue weighted by Gasteiger charge is 2.40. The Morgan fingerprint density at radius 1 is 1.39 bits per heavy atom. The molecule has 7 heteroatoms. The normalized spacial score (nSPS) is 36.3. The lowest BCUT2D eigenvalue weighted by Crippen LogP contribution is -2.60. The molecule has 1 N–H and O–H groups in total. The Balaban J connectivity index is 2.07. The fourth-order valence-corrected chi connectivity index (χ4v) is 3.97. The molecule has 18 heavy (non-hydrogen) atoms. The molecule has 3 unspecified atom stereocenters. The molecule has 2 aliphatic rings. The van der Waals surface area contributed by atoms with Crippen molar-refractivity contribution in [3.63, 3.8) is 0 Å². The molecule has 0 spiro atoms. The maximum atomic E-state index is 12.3. The number of morpholine rings is 1. The fourth-order valence-electron chi connectivity index (χ4n) is 2.40. The number of carbonyl (C=O) groups excluding carboxylic acids is 1. The maximum absolute atomic E-state index is 12.3. The summed E-state index contributed by atoms with van der Waals surface area (Å²) in [5.74, 6) is 0.00150. The standard InChI is InChI=1S/C11H20N2O4S/c1-8-9(2)18(15,16)6-4-13(8)11(14)10-7-17-5-3-12-10/h8-10,12H,3-7H2,1-2H3. The van der Waals surface area contributed by atoms with Crippen LogP contribution in [0.3, 0.4) is 0 Å². The van der Waals surface area contributed by atoms with Gasteiger partial charge in [-0.05, 0) is 13.8 Å². The number of rotatable bonds is 1. The van der Waals surface area contributed by atoms with Crippen LogP contribution in [0.5, 0.6) is 0 Å². The molecule has 2 heterocycles. The van der Waals surface area contributed by atoms with Crippen molar-refractivity contribution in [3.8, 4) is 0 Å². The SMILES string of the molecule is CC1C(C)S(=O)(=O)CCN1C(=O)C1COCCN1. The van der Waals surface area contributed by atoms with Gasteiger partial charge in [-0.1, -0.05) is 0 Å². The van der Waals surface area contributed by atoms with E-state index in [0.717, 1.165) is 0 Å². The van der Waals surface area contributed by atoms with Gasteiger partial charge >= 0.3 is 0 Å². The average molecular weight is 276 g/mol. The van der Waals surface area contributed by atoms with Crippen molar-refractivity contribution in [3.05, 3.63) is 0 Å². The number of hydrogen-bond donors (Lipinski definition) is 1. The van der Waals surface area contributed by atoms with E-state index in [-0.39, 0.29) is 30.3 Å². The minimum absolute atomic E-state index is 0.0519. The lowest BCUT2D eigenvalue weighted by Gasteiger charge is -2.40. The number of hydrogen-bond acceptors (Lipinski definition) is 5. The summed E-state index contributed by atoms with van der Waals surface area (Å²) in [5.41, 5.74) is 0. The molecule has 0 aromatic heterocycles. The van der Waals surface area contributed by atoms with E-state index in [1.54, 1.807) is 18.7 Å². The van der Waals surface area contributed by atoms with Gasteiger partial charge in [-0.25, -0.2) is 8.42 Å². The van der Waals surface area contributed by atoms with Crippen LogP contribution in [0.15, 0.2) is 0 Å². The van der Waals surface area contributed by atoms with Crippen LogP contribution in [0, 0.1) is 0 Å². The van der Waals surface area contributed by atoms with Gasteiger partial charge in [-0.2, -0.15) is 0 Å². The van der Waals surface area contributed by atoms with Crippen molar-refractivity contribution >= 4 is 15.7 Å². The fraction of sp³-hybridized carbons (Fsp3) is 0.909. The predicted molar refractivity (Wildman–Crippen MR) is 67.0 cm³/mol. The molecular weight excluding hydrogens is 256 g/mol. The molecule has 0 radical (unpaired) electrons. The van der Waals surface area contributed by atoms with Crippen LogP contribution in [0.2, 0.25) is 0 Å². The monoisotopic (exact) mass is 276 g/mol. The first-order chi connectivity index (χ1) is 8.43. The van der Waals surface area contributed by atoms with E-state index in [0.29, 0.717) is 19.8 Å². The Morgan fingerprint density at radius 2 is 2.11 bits per heavy atom. The zero-order valence-electron chi connectivity index (χ0n) is 10.8. The number of sulfone groups is 1. The third-order valence-corrected chi connectivity index (χ3v) is 6.14. The molecule has 2 saturated heterocycles. The summed E-state index contributed by atoms with van der Waals surface area (Å²) < 4.78 is 28.8. The van der Waals surface area contributed by atoms with Crippen LogP contribution >= 0.6 is 0 Å². The first-order valence-corrected chi connectivity index (χ1v) is 7.98. The molecule has 6 nitrogen and oxygen atoms in total. The molecule has 104 valence electrons. The molecule has 0 saturated carbocycles. The van der Waals surface area contributed by atoms with Gasteiger partial charge in [0.05, 0.1) is 24.2 Å². The predicted octanol–water partition coefficient (Wildman–Crippen LogP) is -0.991. The molecule has 2 fully saturated rings. The Labute approximate surface area is 108 Å². The third-order valence-electron chi connectivity index (χ3n) is 3.86. The van der Waals surface area contributed by atoms with E-state index in [9.17, 15) is 13.2 Å². The molecule has 0 aliphatic carbocycles. The van der Waals surface area contributed by atoms with Crippen LogP contribution in [-0.4, -0.2) is 68.6 Å². The second-order valence-corrected chi connectivity index (χ2v) is 7.40. The van der Waals surface area contributed by atoms with Crippen molar-refractivity contribution in [2.24, 2.45) is 0 Å². The van der Waals surface area contributed by atoms with Crippen molar-refractivity contribution in [2.75, 3.05) is 32.1 Å². The van der Waals surface area contributed by atoms with Gasteiger partial charge in [0.25, 0.3) is 0 Å². The highest BCUT2D eigenvalue weighted by Crippen LogP contribution is 2.20. The van der Waals surface area contributed by atoms with Gasteiger partial charge in [0, 0.05) is 19.1 Å². The van der Waals surface area contributed by atoms with E-state index in [1.807, 2.05) is 0 Å². The molecular formula is C11H20N2O4S. The van der Waals surface area contributed by atoms with Crippen LogP contribution in [0.1, 0.15) is 13.8 Å². The lowest BCUT2D eigenvalue weighted by atomic mass is 10.1. The molecule has 0 bridgehead atoms. The van der Waals surface area contributed by atoms with E-state index in [2.05, 4.69) is 5.32 Å². The summed E-state index contributed by atoms with van der Waals surface area (Å²) in [5, 5.41) is 2.61. The van der Waals surface area contributed by atoms with Gasteiger partial charge in [0.15, 0.2) is 9.84 Å². The van der Waals surface area contributed by atoms with Gasteiger partial charge in [0.2, 0.25) is 5.91 Å². The van der Waals surface area contributed by atoms with Crippen molar-refractivity contribution in [2.45, 2.75) is 31.2 Å². The summed E-state index contributed by atoms with van der Waals surface area (Å²) in [7, 11) is -3.05. The zero-order valence-corrected chi connectivity index (χ0v) is 11.6. The van der Waals surface area contributed by atoms with Gasteiger partial charge in [-0.15, -0.1) is 0 Å². The van der Waals surface area contributed by atoms with Crippen LogP contribution < -0.4 is 5.32 Å². The summed E-state index contributed by atoms with van der Waals surface area (Å²) in [6.45, 7) is 5.39. The maximum Gasteiger partial charge on any atom is 0.242 e. The summed E-state index contributed by atoms with van der Waals surface area (Å²) >= 11 is 0. The molecule has 3 atom stereocenters. The topological polar surface area (TPSA) is 75.7 Å². The molecule has 2 rings (SSSR count). The van der Waals surface area contributed by atoms with Gasteiger partial charge in [0.1, 0.15) is 6.04 Å². The second-order valence-electron chi connectivity index (χ2n) is 4.93. The van der Waals surface area contributed by atoms with E-state index in [1.165, 1.54) is 0 Å². The number of carbonyl (C=O) groups is 1. The summed E-state index contributed by atoms with van der Waals surface area (Å²) in [6, 6.07) is -0.616. The molecule has 0 aromatic rings. The zero-order chi connectivity index (χ0) is 13.3. The Kier molecular flexibility index (Phi) is 3.93. The van der Waals surface area contributed by atoms with Crippen molar-refractivity contribution in [1.29, 1.82) is 0 Å². The number of nitrogens with one attached hydrogen (secondary N) is 1. The van der Waals surface area contributed by atoms with Crippen molar-refractivity contribution < 1.29 is 17.9 Å². The minimum atomic E-state index is -3.05. The van der Waals surface area contributed by atoms with E-state index in [4.69, 9.17) is 4.74 Å². The van der Waals surface area contributed by atoms with Crippen LogP contribution in [-0.2, 0) is 19.4 Å². The Bertz CT molecular complexity index is 417. The first kappa shape index (κ1) is 13.8. The van der Waals surface area contributed by atoms with Gasteiger partial charge in [-0.3, -0.25) is 4.79 Å². The van der Waals surface area contributed by atoms with E-state index < -0.39 is 15.1 Å². The highest BCUT2D eigenvalue weighted by molar-refractivity contribution is 7.92. The quantitative estimate of drug-likeness (QED) is 0.665. The number of nitrogens with zero attached hydrogens (tertiary/aromatic N) is 1. The molecule has 2 aliphatic heterocycles. The lowest BCUT2D eigenvalue weighted by molar-refractivity contribution is -0.138. The second kappa shape index (κ2) is 5.14. The largest absolute Gasteiger partial charge is 0.378 e. The van der Waals surface area contributed by atoms with Crippen LogP contribution in [0.25, 0.3) is 0 Å². The minimum Gasteiger partial charge on any atom is -0.378 e. The first-order valence-electron chi connectivity index (χ1n) is 6.26. The Hall–Kier alpha value is -0.660. The number of amides is 1. The summed E-state index contributed by atoms with van der Waals surface area (Å²) in [4.78, 5) is 14.0. The third kappa shape index (κ3) is 2.53. The average Bonchev–Trinajstić information content (AvgIpc) is 2.37. The summed E-state index contributed by atoms with van der Waals surface area (Å²) in [6.07, 6.45) is 0. The molecule has 0 aromatic carbocycles. The van der Waals surface area contributed by atoms with Gasteiger partial charge < -0.3 is 15.0 Å². The van der Waals surface area contributed by atoms with E-state index >= 15 is 0 Å². The molecule has 1 amide bonds. The number of ether oxygens (including phenoxy) is 1. The Morgan fingerprint density at radius 3 is 2.72 bits per heavy atom. The highest BCUT2D eigenvalue weighted by atomic mass is 32.2. The van der Waals surface area contributed by atoms with Crippen molar-refractivity contribution in [1.82, 2.24) is 10.2 Å².